The first-order valence-electron chi connectivity index (χ1n) is 6.82. The largest absolute Gasteiger partial charge is 0.334 e. The van der Waals surface area contributed by atoms with Crippen LogP contribution in [0.2, 0.25) is 5.02 Å². The number of nitrogens with one attached hydrogen (secondary N) is 3. The van der Waals surface area contributed by atoms with Crippen LogP contribution in [-0.2, 0) is 19.6 Å². The third kappa shape index (κ3) is 3.54. The lowest BCUT2D eigenvalue weighted by Crippen LogP contribution is -2.28. The molecule has 2 aromatic carbocycles. The third-order valence-corrected chi connectivity index (χ3v) is 3.67. The van der Waals surface area contributed by atoms with E-state index in [1.165, 1.54) is 11.1 Å². The fourth-order valence-electron chi connectivity index (χ4n) is 2.38. The lowest BCUT2D eigenvalue weighted by atomic mass is 10.1. The lowest BCUT2D eigenvalue weighted by molar-refractivity contribution is 0.251. The molecule has 4 nitrogen and oxygen atoms in total. The van der Waals surface area contributed by atoms with E-state index in [9.17, 15) is 4.79 Å². The summed E-state index contributed by atoms with van der Waals surface area (Å²) in [5, 5.41) is 9.50. The molecule has 0 aliphatic carbocycles. The van der Waals surface area contributed by atoms with Gasteiger partial charge < -0.3 is 16.0 Å². The molecule has 108 valence electrons. The van der Waals surface area contributed by atoms with Gasteiger partial charge in [-0.1, -0.05) is 35.9 Å². The smallest absolute Gasteiger partial charge is 0.319 e. The maximum absolute atomic E-state index is 11.9. The van der Waals surface area contributed by atoms with Crippen LogP contribution in [0.3, 0.4) is 0 Å². The molecular formula is C16H16ClN3O. The van der Waals surface area contributed by atoms with Gasteiger partial charge in [0.05, 0.1) is 0 Å². The number of fused-ring (bicyclic) bond motifs is 1. The molecule has 2 amide bonds. The molecule has 0 saturated carbocycles. The standard InChI is InChI=1S/C16H16ClN3O/c17-14-2-1-3-15(7-14)20-16(21)19-8-11-4-5-12-9-18-10-13(12)6-11/h1-7,18H,8-10H2,(H2,19,20,21). The van der Waals surface area contributed by atoms with Crippen molar-refractivity contribution in [2.45, 2.75) is 19.6 Å². The number of carbonyl (C=O) groups excluding carboxylic acids is 1. The maximum atomic E-state index is 11.9. The van der Waals surface area contributed by atoms with E-state index < -0.39 is 0 Å². The van der Waals surface area contributed by atoms with Crippen LogP contribution in [0.15, 0.2) is 42.5 Å². The molecule has 0 spiro atoms. The van der Waals surface area contributed by atoms with Crippen LogP contribution in [-0.4, -0.2) is 6.03 Å². The Balaban J connectivity index is 1.56. The third-order valence-electron chi connectivity index (χ3n) is 3.44. The first-order valence-corrected chi connectivity index (χ1v) is 7.20. The van der Waals surface area contributed by atoms with Crippen molar-refractivity contribution in [2.75, 3.05) is 5.32 Å². The minimum atomic E-state index is -0.240. The van der Waals surface area contributed by atoms with Crippen LogP contribution < -0.4 is 16.0 Å². The summed E-state index contributed by atoms with van der Waals surface area (Å²) in [4.78, 5) is 11.9. The van der Waals surface area contributed by atoms with E-state index >= 15 is 0 Å². The minimum Gasteiger partial charge on any atom is -0.334 e. The lowest BCUT2D eigenvalue weighted by Gasteiger charge is -2.09. The predicted molar refractivity (Wildman–Crippen MR) is 84.3 cm³/mol. The Morgan fingerprint density at radius 3 is 2.86 bits per heavy atom. The van der Waals surface area contributed by atoms with Gasteiger partial charge in [0, 0.05) is 30.3 Å². The van der Waals surface area contributed by atoms with Crippen LogP contribution in [0.1, 0.15) is 16.7 Å². The van der Waals surface area contributed by atoms with Gasteiger partial charge in [-0.3, -0.25) is 0 Å². The highest BCUT2D eigenvalue weighted by Crippen LogP contribution is 2.17. The van der Waals surface area contributed by atoms with Gasteiger partial charge in [-0.25, -0.2) is 4.79 Å². The van der Waals surface area contributed by atoms with Gasteiger partial charge in [-0.15, -0.1) is 0 Å². The highest BCUT2D eigenvalue weighted by atomic mass is 35.5. The van der Waals surface area contributed by atoms with E-state index in [-0.39, 0.29) is 6.03 Å². The number of amides is 2. The SMILES string of the molecule is O=C(NCc1ccc2c(c1)CNC2)Nc1cccc(Cl)c1. The van der Waals surface area contributed by atoms with Gasteiger partial charge >= 0.3 is 6.03 Å². The summed E-state index contributed by atoms with van der Waals surface area (Å²) >= 11 is 5.88. The highest BCUT2D eigenvalue weighted by Gasteiger charge is 2.10. The molecule has 21 heavy (non-hydrogen) atoms. The average Bonchev–Trinajstić information content (AvgIpc) is 2.92. The summed E-state index contributed by atoms with van der Waals surface area (Å²) in [6, 6.07) is 13.1. The molecule has 0 fully saturated rings. The molecule has 0 radical (unpaired) electrons. The Hall–Kier alpha value is -2.04. The molecule has 1 heterocycles. The highest BCUT2D eigenvalue weighted by molar-refractivity contribution is 6.30. The zero-order chi connectivity index (χ0) is 14.7. The Morgan fingerprint density at radius 1 is 1.14 bits per heavy atom. The molecule has 0 atom stereocenters. The van der Waals surface area contributed by atoms with Crippen LogP contribution in [0.25, 0.3) is 0 Å². The van der Waals surface area contributed by atoms with Crippen molar-refractivity contribution < 1.29 is 4.79 Å². The molecule has 2 aromatic rings. The number of carbonyl (C=O) groups is 1. The Labute approximate surface area is 128 Å². The van der Waals surface area contributed by atoms with Gasteiger partial charge in [0.2, 0.25) is 0 Å². The number of urea groups is 1. The number of rotatable bonds is 3. The monoisotopic (exact) mass is 301 g/mol. The van der Waals surface area contributed by atoms with Crippen LogP contribution in [0.4, 0.5) is 10.5 Å². The summed E-state index contributed by atoms with van der Waals surface area (Å²) in [5.74, 6) is 0. The zero-order valence-electron chi connectivity index (χ0n) is 11.4. The molecule has 5 heteroatoms. The average molecular weight is 302 g/mol. The molecular weight excluding hydrogens is 286 g/mol. The fraction of sp³-hybridized carbons (Fsp3) is 0.188. The minimum absolute atomic E-state index is 0.240. The Bertz CT molecular complexity index is 672. The summed E-state index contributed by atoms with van der Waals surface area (Å²) in [5.41, 5.74) is 4.42. The number of halogens is 1. The van der Waals surface area contributed by atoms with Crippen molar-refractivity contribution in [1.29, 1.82) is 0 Å². The van der Waals surface area contributed by atoms with Gasteiger partial charge in [-0.2, -0.15) is 0 Å². The molecule has 1 aliphatic heterocycles. The van der Waals surface area contributed by atoms with E-state index in [1.807, 2.05) is 6.07 Å². The zero-order valence-corrected chi connectivity index (χ0v) is 12.2. The summed E-state index contributed by atoms with van der Waals surface area (Å²) in [6.45, 7) is 2.33. The van der Waals surface area contributed by atoms with E-state index in [2.05, 4.69) is 28.1 Å². The first-order chi connectivity index (χ1) is 10.2. The van der Waals surface area contributed by atoms with E-state index in [4.69, 9.17) is 11.6 Å². The van der Waals surface area contributed by atoms with Crippen molar-refractivity contribution in [2.24, 2.45) is 0 Å². The molecule has 1 aliphatic rings. The first kappa shape index (κ1) is 13.9. The van der Waals surface area contributed by atoms with Gasteiger partial charge in [-0.05, 0) is 34.9 Å². The summed E-state index contributed by atoms with van der Waals surface area (Å²) < 4.78 is 0. The molecule has 3 rings (SSSR count). The van der Waals surface area contributed by atoms with E-state index in [0.29, 0.717) is 17.3 Å². The second kappa shape index (κ2) is 6.16. The molecule has 0 unspecified atom stereocenters. The van der Waals surface area contributed by atoms with Crippen LogP contribution in [0.5, 0.6) is 0 Å². The normalized spacial score (nSPS) is 12.8. The molecule has 0 saturated heterocycles. The van der Waals surface area contributed by atoms with Crippen molar-refractivity contribution >= 4 is 23.3 Å². The van der Waals surface area contributed by atoms with Gasteiger partial charge in [0.1, 0.15) is 0 Å². The summed E-state index contributed by atoms with van der Waals surface area (Å²) in [7, 11) is 0. The second-order valence-electron chi connectivity index (χ2n) is 5.02. The Kier molecular flexibility index (Phi) is 4.08. The van der Waals surface area contributed by atoms with Crippen LogP contribution in [0, 0.1) is 0 Å². The number of hydrogen-bond donors (Lipinski definition) is 3. The maximum Gasteiger partial charge on any atom is 0.319 e. The molecule has 0 bridgehead atoms. The summed E-state index contributed by atoms with van der Waals surface area (Å²) in [6.07, 6.45) is 0. The topological polar surface area (TPSA) is 53.2 Å². The van der Waals surface area contributed by atoms with E-state index in [0.717, 1.165) is 18.7 Å². The quantitative estimate of drug-likeness (QED) is 0.815. The van der Waals surface area contributed by atoms with E-state index in [1.54, 1.807) is 24.3 Å². The van der Waals surface area contributed by atoms with Crippen molar-refractivity contribution in [3.05, 3.63) is 64.2 Å². The molecule has 3 N–H and O–H groups in total. The number of benzene rings is 2. The Morgan fingerprint density at radius 2 is 2.00 bits per heavy atom. The van der Waals surface area contributed by atoms with Crippen molar-refractivity contribution in [3.8, 4) is 0 Å². The predicted octanol–water partition coefficient (Wildman–Crippen LogP) is 3.26. The number of hydrogen-bond acceptors (Lipinski definition) is 2. The fourth-order valence-corrected chi connectivity index (χ4v) is 2.57. The van der Waals surface area contributed by atoms with Crippen LogP contribution >= 0.6 is 11.6 Å². The van der Waals surface area contributed by atoms with Gasteiger partial charge in [0.15, 0.2) is 0 Å². The number of anilines is 1. The van der Waals surface area contributed by atoms with Gasteiger partial charge in [0.25, 0.3) is 0 Å². The molecule has 0 aromatic heterocycles. The van der Waals surface area contributed by atoms with Crippen molar-refractivity contribution in [3.63, 3.8) is 0 Å². The second-order valence-corrected chi connectivity index (χ2v) is 5.46. The van der Waals surface area contributed by atoms with Crippen molar-refractivity contribution in [1.82, 2.24) is 10.6 Å².